The third kappa shape index (κ3) is 6.02. The van der Waals surface area contributed by atoms with Gasteiger partial charge in [-0.2, -0.15) is 0 Å². The molecule has 0 aliphatic carbocycles. The van der Waals surface area contributed by atoms with Crippen LogP contribution in [0.5, 0.6) is 0 Å². The maximum Gasteiger partial charge on any atom is 0.0743 e. The minimum absolute atomic E-state index is 0.543. The maximum atomic E-state index is 5.35. The lowest BCUT2D eigenvalue weighted by atomic mass is 9.91. The molecule has 11 aromatic rings. The van der Waals surface area contributed by atoms with Crippen LogP contribution in [0.15, 0.2) is 217 Å². The predicted octanol–water partition coefficient (Wildman–Crippen LogP) is 14.7. The molecule has 0 bridgehead atoms. The first kappa shape index (κ1) is 35.4. The fourth-order valence-corrected chi connectivity index (χ4v) is 9.21. The molecular weight excluding hydrogens is 727 g/mol. The van der Waals surface area contributed by atoms with Crippen LogP contribution >= 0.6 is 0 Å². The van der Waals surface area contributed by atoms with Crippen molar-refractivity contribution in [2.75, 3.05) is 12.4 Å². The fraction of sp³-hybridized carbons (Fsp3) is 0.0351. The van der Waals surface area contributed by atoms with Gasteiger partial charge in [0.1, 0.15) is 0 Å². The summed E-state index contributed by atoms with van der Waals surface area (Å²) in [4.78, 5) is 5.35. The molecule has 1 N–H and O–H groups in total. The van der Waals surface area contributed by atoms with Crippen molar-refractivity contribution in [1.82, 2.24) is 4.57 Å². The number of para-hydroxylation sites is 1. The third-order valence-corrected chi connectivity index (χ3v) is 12.1. The van der Waals surface area contributed by atoms with Crippen LogP contribution in [0, 0.1) is 0 Å². The van der Waals surface area contributed by atoms with Gasteiger partial charge in [0.15, 0.2) is 0 Å². The lowest BCUT2D eigenvalue weighted by molar-refractivity contribution is 1.06. The van der Waals surface area contributed by atoms with Gasteiger partial charge >= 0.3 is 0 Å². The zero-order chi connectivity index (χ0) is 40.0. The van der Waals surface area contributed by atoms with Gasteiger partial charge in [0, 0.05) is 40.3 Å². The Balaban J connectivity index is 1.06. The quantitative estimate of drug-likeness (QED) is 0.153. The number of hydrogen-bond donors (Lipinski definition) is 1. The highest BCUT2D eigenvalue weighted by atomic mass is 15.0. The van der Waals surface area contributed by atoms with E-state index >= 15 is 0 Å². The first-order valence-electron chi connectivity index (χ1n) is 20.7. The Bertz CT molecular complexity index is 3410. The molecule has 0 amide bonds. The molecule has 1 heterocycles. The smallest absolute Gasteiger partial charge is 0.0743 e. The van der Waals surface area contributed by atoms with Crippen molar-refractivity contribution in [3.05, 3.63) is 229 Å². The van der Waals surface area contributed by atoms with Crippen molar-refractivity contribution in [1.29, 1.82) is 0 Å². The van der Waals surface area contributed by atoms with Crippen LogP contribution in [-0.2, 0) is 6.54 Å². The molecule has 0 spiro atoms. The van der Waals surface area contributed by atoms with Gasteiger partial charge in [-0.15, -0.1) is 0 Å². The van der Waals surface area contributed by atoms with Gasteiger partial charge in [-0.3, -0.25) is 4.99 Å². The maximum absolute atomic E-state index is 5.35. The molecule has 0 atom stereocenters. The summed E-state index contributed by atoms with van der Waals surface area (Å²) in [6.07, 6.45) is 0. The van der Waals surface area contributed by atoms with E-state index in [0.717, 1.165) is 33.8 Å². The minimum Gasteiger partial charge on any atom is -0.388 e. The molecule has 0 radical (unpaired) electrons. The van der Waals surface area contributed by atoms with Crippen LogP contribution in [0.25, 0.3) is 82.1 Å². The van der Waals surface area contributed by atoms with E-state index in [1.807, 2.05) is 7.05 Å². The average Bonchev–Trinajstić information content (AvgIpc) is 3.67. The summed E-state index contributed by atoms with van der Waals surface area (Å²) in [6, 6.07) is 76.8. The highest BCUT2D eigenvalue weighted by molar-refractivity contribution is 6.30. The minimum atomic E-state index is 0.543. The van der Waals surface area contributed by atoms with Crippen molar-refractivity contribution in [2.45, 2.75) is 6.54 Å². The Hall–Kier alpha value is -7.75. The van der Waals surface area contributed by atoms with E-state index in [9.17, 15) is 0 Å². The van der Waals surface area contributed by atoms with E-state index in [2.05, 4.69) is 222 Å². The second-order valence-corrected chi connectivity index (χ2v) is 15.5. The molecule has 0 aliphatic heterocycles. The summed E-state index contributed by atoms with van der Waals surface area (Å²) in [5.41, 5.74) is 13.7. The first-order valence-corrected chi connectivity index (χ1v) is 20.7. The van der Waals surface area contributed by atoms with Gasteiger partial charge < -0.3 is 9.88 Å². The zero-order valence-electron chi connectivity index (χ0n) is 33.3. The van der Waals surface area contributed by atoms with Crippen LogP contribution in [0.1, 0.15) is 16.7 Å². The Morgan fingerprint density at radius 1 is 0.467 bits per heavy atom. The summed E-state index contributed by atoms with van der Waals surface area (Å²) in [5, 5.41) is 13.5. The van der Waals surface area contributed by atoms with Gasteiger partial charge in [-0.1, -0.05) is 182 Å². The molecule has 10 aromatic carbocycles. The van der Waals surface area contributed by atoms with E-state index in [0.29, 0.717) is 6.54 Å². The molecular formula is C57H41N3. The lowest BCUT2D eigenvalue weighted by Crippen LogP contribution is -2.08. The van der Waals surface area contributed by atoms with E-state index in [1.165, 1.54) is 76.4 Å². The number of nitrogens with zero attached hydrogens (tertiary/aromatic N) is 2. The molecule has 1 aromatic heterocycles. The summed E-state index contributed by atoms with van der Waals surface area (Å²) >= 11 is 0. The number of hydrogen-bond acceptors (Lipinski definition) is 2. The molecule has 0 saturated heterocycles. The number of benzene rings is 10. The summed E-state index contributed by atoms with van der Waals surface area (Å²) in [5.74, 6) is 0. The highest BCUT2D eigenvalue weighted by Crippen LogP contribution is 2.45. The van der Waals surface area contributed by atoms with Crippen molar-refractivity contribution in [2.24, 2.45) is 4.99 Å². The molecule has 0 unspecified atom stereocenters. The van der Waals surface area contributed by atoms with Gasteiger partial charge in [0.05, 0.1) is 23.3 Å². The van der Waals surface area contributed by atoms with Gasteiger partial charge in [-0.05, 0) is 90.5 Å². The summed E-state index contributed by atoms with van der Waals surface area (Å²) in [7, 11) is 1.97. The average molecular weight is 768 g/mol. The third-order valence-electron chi connectivity index (χ3n) is 12.1. The molecule has 3 heteroatoms. The number of nitrogens with one attached hydrogen (secondary N) is 1. The van der Waals surface area contributed by atoms with Gasteiger partial charge in [0.2, 0.25) is 0 Å². The number of rotatable bonds is 8. The fourth-order valence-electron chi connectivity index (χ4n) is 9.21. The molecule has 284 valence electrons. The van der Waals surface area contributed by atoms with Crippen LogP contribution in [-0.4, -0.2) is 17.3 Å². The Labute approximate surface area is 349 Å². The van der Waals surface area contributed by atoms with Crippen molar-refractivity contribution in [3.63, 3.8) is 0 Å². The summed E-state index contributed by atoms with van der Waals surface area (Å²) < 4.78 is 2.47. The van der Waals surface area contributed by atoms with E-state index in [4.69, 9.17) is 4.99 Å². The van der Waals surface area contributed by atoms with E-state index < -0.39 is 0 Å². The number of aliphatic imine (C=N–C) groups is 1. The number of aromatic nitrogens is 1. The van der Waals surface area contributed by atoms with Crippen LogP contribution in [0.3, 0.4) is 0 Å². The van der Waals surface area contributed by atoms with Crippen molar-refractivity contribution < 1.29 is 0 Å². The van der Waals surface area contributed by atoms with Crippen molar-refractivity contribution in [3.8, 4) is 27.9 Å². The van der Waals surface area contributed by atoms with Crippen LogP contribution < -0.4 is 5.32 Å². The number of anilines is 1. The molecule has 0 fully saturated rings. The first-order chi connectivity index (χ1) is 29.7. The Kier molecular flexibility index (Phi) is 8.78. The van der Waals surface area contributed by atoms with E-state index in [1.54, 1.807) is 0 Å². The number of fused-ring (bicyclic) bond motifs is 8. The van der Waals surface area contributed by atoms with Crippen molar-refractivity contribution >= 4 is 65.5 Å². The Morgan fingerprint density at radius 3 is 1.87 bits per heavy atom. The highest BCUT2D eigenvalue weighted by Gasteiger charge is 2.20. The normalized spacial score (nSPS) is 11.9. The Morgan fingerprint density at radius 2 is 1.08 bits per heavy atom. The summed E-state index contributed by atoms with van der Waals surface area (Å²) in [6.45, 7) is 0.543. The van der Waals surface area contributed by atoms with E-state index in [-0.39, 0.29) is 0 Å². The lowest BCUT2D eigenvalue weighted by Gasteiger charge is -2.14. The van der Waals surface area contributed by atoms with Gasteiger partial charge in [0.25, 0.3) is 0 Å². The largest absolute Gasteiger partial charge is 0.388 e. The topological polar surface area (TPSA) is 29.3 Å². The molecule has 60 heavy (non-hydrogen) atoms. The van der Waals surface area contributed by atoms with Crippen LogP contribution in [0.4, 0.5) is 5.69 Å². The zero-order valence-corrected chi connectivity index (χ0v) is 33.3. The molecule has 0 aliphatic rings. The molecule has 11 rings (SSSR count). The molecule has 3 nitrogen and oxygen atoms in total. The monoisotopic (exact) mass is 767 g/mol. The second kappa shape index (κ2) is 14.9. The van der Waals surface area contributed by atoms with Gasteiger partial charge in [-0.25, -0.2) is 0 Å². The SMILES string of the molecule is CNc1ccccc1C(=NCc1ccc(-n2c3ccc4ccccc4c3c3c4ccccc4c(-c4cccc5ccccc45)cc32)cc1)c1ccc(-c2ccccc2)cc1. The standard InChI is InChI=1S/C57H41N3/c1-58-52-25-12-11-23-50(52)57(43-30-28-40(29-31-43)39-14-3-2-4-15-39)59-37-38-26-33-44(34-27-38)60-53-35-32-42-17-6-8-20-46(42)55(53)56-49-22-10-9-21-48(49)51(36-54(56)60)47-24-13-18-41-16-5-7-19-45(41)47/h2-36,58H,37H2,1H3. The second-order valence-electron chi connectivity index (χ2n) is 15.5. The van der Waals surface area contributed by atoms with Crippen LogP contribution in [0.2, 0.25) is 0 Å². The predicted molar refractivity (Wildman–Crippen MR) is 256 cm³/mol. The molecule has 0 saturated carbocycles.